The third-order valence-corrected chi connectivity index (χ3v) is 6.61. The fraction of sp³-hybridized carbons (Fsp3) is 0.214. The number of benzene rings is 3. The Morgan fingerprint density at radius 1 is 1.03 bits per heavy atom. The molecule has 1 saturated heterocycles. The molecule has 1 fully saturated rings. The molecule has 0 spiro atoms. The number of hydrogen-bond acceptors (Lipinski definition) is 6. The van der Waals surface area contributed by atoms with Crippen molar-refractivity contribution in [1.29, 1.82) is 0 Å². The van der Waals surface area contributed by atoms with E-state index in [1.54, 1.807) is 36.4 Å². The van der Waals surface area contributed by atoms with Gasteiger partial charge in [-0.25, -0.2) is 0 Å². The molecule has 1 aliphatic heterocycles. The molecule has 0 bridgehead atoms. The summed E-state index contributed by atoms with van der Waals surface area (Å²) in [4.78, 5) is 30.2. The second-order valence-electron chi connectivity index (χ2n) is 8.56. The minimum absolute atomic E-state index is 0.0902. The maximum absolute atomic E-state index is 13.4. The van der Waals surface area contributed by atoms with Crippen LogP contribution in [0.4, 0.5) is 11.4 Å². The van der Waals surface area contributed by atoms with Gasteiger partial charge in [-0.15, -0.1) is 0 Å². The number of ether oxygens (including phenoxy) is 2. The number of amides is 1. The number of carbonyl (C=O) groups is 2. The second-order valence-corrected chi connectivity index (χ2v) is 9.37. The lowest BCUT2D eigenvalue weighted by molar-refractivity contribution is -0.132. The molecule has 3 aromatic carbocycles. The molecule has 1 heterocycles. The van der Waals surface area contributed by atoms with Crippen LogP contribution in [0.5, 0.6) is 11.5 Å². The van der Waals surface area contributed by atoms with Gasteiger partial charge >= 0.3 is 0 Å². The van der Waals surface area contributed by atoms with Crippen LogP contribution >= 0.6 is 23.2 Å². The predicted molar refractivity (Wildman–Crippen MR) is 146 cm³/mol. The average Bonchev–Trinajstić information content (AvgIpc) is 3.14. The van der Waals surface area contributed by atoms with Crippen molar-refractivity contribution in [2.45, 2.75) is 13.0 Å². The van der Waals surface area contributed by atoms with Crippen LogP contribution in [0.25, 0.3) is 5.76 Å². The van der Waals surface area contributed by atoms with Crippen molar-refractivity contribution in [3.05, 3.63) is 87.4 Å². The number of halogens is 2. The molecule has 7 nitrogen and oxygen atoms in total. The number of rotatable bonds is 7. The molecule has 0 aromatic heterocycles. The van der Waals surface area contributed by atoms with E-state index in [2.05, 4.69) is 0 Å². The normalized spacial score (nSPS) is 16.7. The van der Waals surface area contributed by atoms with E-state index in [0.29, 0.717) is 23.6 Å². The Morgan fingerprint density at radius 3 is 2.24 bits per heavy atom. The van der Waals surface area contributed by atoms with E-state index in [1.165, 1.54) is 24.1 Å². The molecule has 192 valence electrons. The lowest BCUT2D eigenvalue weighted by Gasteiger charge is -2.26. The van der Waals surface area contributed by atoms with Crippen molar-refractivity contribution in [1.82, 2.24) is 0 Å². The third-order valence-electron chi connectivity index (χ3n) is 6.05. The van der Waals surface area contributed by atoms with E-state index in [0.717, 1.165) is 5.69 Å². The summed E-state index contributed by atoms with van der Waals surface area (Å²) in [6, 6.07) is 16.3. The number of Topliss-reactive ketones (excluding diaryl/α,β-unsaturated/α-hetero) is 1. The first-order valence-electron chi connectivity index (χ1n) is 11.5. The standard InChI is InChI=1S/C28H26Cl2N2O5/c1-5-37-20-8-6-7-16(13-20)24-23(25(33)17-14-21(29)27(36-4)22(30)15-17)26(34)28(35)32(24)19-11-9-18(10-12-19)31(2)3/h6-15,24,33H,5H2,1-4H3/b25-23+. The van der Waals surface area contributed by atoms with E-state index in [1.807, 2.05) is 38.1 Å². The maximum atomic E-state index is 13.4. The first-order chi connectivity index (χ1) is 17.7. The van der Waals surface area contributed by atoms with E-state index in [-0.39, 0.29) is 26.9 Å². The Morgan fingerprint density at radius 2 is 1.68 bits per heavy atom. The quantitative estimate of drug-likeness (QED) is 0.222. The van der Waals surface area contributed by atoms with E-state index in [9.17, 15) is 14.7 Å². The predicted octanol–water partition coefficient (Wildman–Crippen LogP) is 6.09. The highest BCUT2D eigenvalue weighted by atomic mass is 35.5. The van der Waals surface area contributed by atoms with Crippen molar-refractivity contribution in [2.75, 3.05) is 37.6 Å². The number of aliphatic hydroxyl groups is 1. The van der Waals surface area contributed by atoms with Crippen LogP contribution in [0.1, 0.15) is 24.1 Å². The van der Waals surface area contributed by atoms with Crippen molar-refractivity contribution in [2.24, 2.45) is 0 Å². The summed E-state index contributed by atoms with van der Waals surface area (Å²) in [5, 5.41) is 11.7. The van der Waals surface area contributed by atoms with Gasteiger partial charge in [-0.1, -0.05) is 35.3 Å². The van der Waals surface area contributed by atoms with Crippen LogP contribution in [-0.2, 0) is 9.59 Å². The first kappa shape index (κ1) is 26.4. The van der Waals surface area contributed by atoms with Crippen molar-refractivity contribution >= 4 is 52.0 Å². The molecule has 0 radical (unpaired) electrons. The van der Waals surface area contributed by atoms with Gasteiger partial charge in [0, 0.05) is 31.0 Å². The zero-order valence-electron chi connectivity index (χ0n) is 20.8. The number of ketones is 1. The van der Waals surface area contributed by atoms with Crippen molar-refractivity contribution in [3.63, 3.8) is 0 Å². The first-order valence-corrected chi connectivity index (χ1v) is 12.3. The van der Waals surface area contributed by atoms with E-state index >= 15 is 0 Å². The van der Waals surface area contributed by atoms with Crippen LogP contribution in [0.2, 0.25) is 10.0 Å². The average molecular weight is 541 g/mol. The number of nitrogens with zero attached hydrogens (tertiary/aromatic N) is 2. The molecule has 37 heavy (non-hydrogen) atoms. The zero-order valence-corrected chi connectivity index (χ0v) is 22.3. The molecular weight excluding hydrogens is 515 g/mol. The lowest BCUT2D eigenvalue weighted by Crippen LogP contribution is -2.29. The van der Waals surface area contributed by atoms with Gasteiger partial charge in [0.2, 0.25) is 0 Å². The smallest absolute Gasteiger partial charge is 0.300 e. The molecule has 1 atom stereocenters. The minimum Gasteiger partial charge on any atom is -0.507 e. The summed E-state index contributed by atoms with van der Waals surface area (Å²) < 4.78 is 10.9. The summed E-state index contributed by atoms with van der Waals surface area (Å²) in [7, 11) is 5.24. The number of aliphatic hydroxyl groups excluding tert-OH is 1. The van der Waals surface area contributed by atoms with E-state index in [4.69, 9.17) is 32.7 Å². The highest BCUT2D eigenvalue weighted by Crippen LogP contribution is 2.44. The molecule has 1 unspecified atom stereocenters. The number of anilines is 2. The number of hydrogen-bond donors (Lipinski definition) is 1. The van der Waals surface area contributed by atoms with Gasteiger partial charge in [-0.3, -0.25) is 14.5 Å². The summed E-state index contributed by atoms with van der Waals surface area (Å²) in [6.07, 6.45) is 0. The Balaban J connectivity index is 1.94. The summed E-state index contributed by atoms with van der Waals surface area (Å²) in [6.45, 7) is 2.31. The monoisotopic (exact) mass is 540 g/mol. The molecule has 1 N–H and O–H groups in total. The van der Waals surface area contributed by atoms with Crippen LogP contribution in [0.3, 0.4) is 0 Å². The highest BCUT2D eigenvalue weighted by molar-refractivity contribution is 6.51. The Bertz CT molecular complexity index is 1360. The Hall–Kier alpha value is -3.68. The molecular formula is C28H26Cl2N2O5. The Labute approximate surface area is 225 Å². The SMILES string of the molecule is CCOc1cccc(C2/C(=C(\O)c3cc(Cl)c(OC)c(Cl)c3)C(=O)C(=O)N2c2ccc(N(C)C)cc2)c1. The molecule has 1 aliphatic rings. The molecule has 3 aromatic rings. The zero-order chi connectivity index (χ0) is 26.9. The molecule has 0 saturated carbocycles. The summed E-state index contributed by atoms with van der Waals surface area (Å²) in [5.41, 5.74) is 2.12. The van der Waals surface area contributed by atoms with Crippen LogP contribution in [0.15, 0.2) is 66.2 Å². The Kier molecular flexibility index (Phi) is 7.66. The van der Waals surface area contributed by atoms with Gasteiger partial charge in [-0.2, -0.15) is 0 Å². The number of methoxy groups -OCH3 is 1. The largest absolute Gasteiger partial charge is 0.507 e. The van der Waals surface area contributed by atoms with Crippen molar-refractivity contribution < 1.29 is 24.2 Å². The highest BCUT2D eigenvalue weighted by Gasteiger charge is 2.47. The third kappa shape index (κ3) is 4.97. The van der Waals surface area contributed by atoms with Crippen LogP contribution in [-0.4, -0.2) is 44.6 Å². The van der Waals surface area contributed by atoms with Crippen LogP contribution < -0.4 is 19.3 Å². The molecule has 9 heteroatoms. The number of carbonyl (C=O) groups excluding carboxylic acids is 2. The van der Waals surface area contributed by atoms with Gasteiger partial charge in [0.15, 0.2) is 5.75 Å². The van der Waals surface area contributed by atoms with Gasteiger partial charge in [0.25, 0.3) is 11.7 Å². The van der Waals surface area contributed by atoms with Gasteiger partial charge in [0.1, 0.15) is 11.5 Å². The molecule has 0 aliphatic carbocycles. The minimum atomic E-state index is -0.926. The second kappa shape index (κ2) is 10.7. The fourth-order valence-corrected chi connectivity index (χ4v) is 4.96. The van der Waals surface area contributed by atoms with E-state index < -0.39 is 23.5 Å². The van der Waals surface area contributed by atoms with Crippen LogP contribution in [0, 0.1) is 0 Å². The lowest BCUT2D eigenvalue weighted by atomic mass is 9.95. The van der Waals surface area contributed by atoms with Gasteiger partial charge < -0.3 is 19.5 Å². The summed E-state index contributed by atoms with van der Waals surface area (Å²) >= 11 is 12.6. The topological polar surface area (TPSA) is 79.3 Å². The maximum Gasteiger partial charge on any atom is 0.300 e. The van der Waals surface area contributed by atoms with Gasteiger partial charge in [-0.05, 0) is 61.0 Å². The molecule has 4 rings (SSSR count). The van der Waals surface area contributed by atoms with Gasteiger partial charge in [0.05, 0.1) is 35.4 Å². The molecule has 1 amide bonds. The summed E-state index contributed by atoms with van der Waals surface area (Å²) in [5.74, 6) is -1.18. The fourth-order valence-electron chi connectivity index (χ4n) is 4.31. The van der Waals surface area contributed by atoms with Crippen molar-refractivity contribution in [3.8, 4) is 11.5 Å².